The Balaban J connectivity index is 2.43. The SMILES string of the molecule is COc1cccnc1NC(=O)CCNC(=O)C(C)(C)C. The number of carbonyl (C=O) groups excluding carboxylic acids is 2. The van der Waals surface area contributed by atoms with E-state index in [0.717, 1.165) is 0 Å². The molecular weight excluding hydrogens is 258 g/mol. The molecule has 0 unspecified atom stereocenters. The Hall–Kier alpha value is -2.11. The third kappa shape index (κ3) is 4.87. The third-order valence-electron chi connectivity index (χ3n) is 2.57. The second kappa shape index (κ2) is 6.88. The molecule has 6 nitrogen and oxygen atoms in total. The summed E-state index contributed by atoms with van der Waals surface area (Å²) in [5, 5.41) is 5.36. The van der Waals surface area contributed by atoms with Gasteiger partial charge in [-0.05, 0) is 12.1 Å². The van der Waals surface area contributed by atoms with Gasteiger partial charge in [-0.25, -0.2) is 4.98 Å². The van der Waals surface area contributed by atoms with Crippen molar-refractivity contribution in [2.45, 2.75) is 27.2 Å². The highest BCUT2D eigenvalue weighted by atomic mass is 16.5. The maximum atomic E-state index is 11.8. The highest BCUT2D eigenvalue weighted by molar-refractivity contribution is 5.91. The van der Waals surface area contributed by atoms with E-state index < -0.39 is 5.41 Å². The number of ether oxygens (including phenoxy) is 1. The number of pyridine rings is 1. The van der Waals surface area contributed by atoms with Crippen LogP contribution in [0.2, 0.25) is 0 Å². The van der Waals surface area contributed by atoms with Crippen molar-refractivity contribution in [3.05, 3.63) is 18.3 Å². The smallest absolute Gasteiger partial charge is 0.227 e. The van der Waals surface area contributed by atoms with Crippen LogP contribution in [0.1, 0.15) is 27.2 Å². The van der Waals surface area contributed by atoms with E-state index in [1.807, 2.05) is 20.8 Å². The zero-order chi connectivity index (χ0) is 15.2. The highest BCUT2D eigenvalue weighted by Gasteiger charge is 2.20. The zero-order valence-corrected chi connectivity index (χ0v) is 12.3. The molecule has 20 heavy (non-hydrogen) atoms. The number of hydrogen-bond acceptors (Lipinski definition) is 4. The molecule has 0 spiro atoms. The third-order valence-corrected chi connectivity index (χ3v) is 2.57. The molecule has 1 rings (SSSR count). The quantitative estimate of drug-likeness (QED) is 0.857. The van der Waals surface area contributed by atoms with Gasteiger partial charge >= 0.3 is 0 Å². The van der Waals surface area contributed by atoms with Crippen molar-refractivity contribution in [2.24, 2.45) is 5.41 Å². The van der Waals surface area contributed by atoms with Gasteiger partial charge in [0, 0.05) is 24.6 Å². The fraction of sp³-hybridized carbons (Fsp3) is 0.500. The number of carbonyl (C=O) groups is 2. The van der Waals surface area contributed by atoms with Crippen LogP contribution < -0.4 is 15.4 Å². The molecular formula is C14H21N3O3. The molecule has 0 aliphatic rings. The summed E-state index contributed by atoms with van der Waals surface area (Å²) < 4.78 is 5.09. The molecule has 0 radical (unpaired) electrons. The van der Waals surface area contributed by atoms with Crippen LogP contribution in [0.3, 0.4) is 0 Å². The molecule has 1 aromatic heterocycles. The zero-order valence-electron chi connectivity index (χ0n) is 12.3. The molecule has 0 saturated carbocycles. The van der Waals surface area contributed by atoms with E-state index in [0.29, 0.717) is 11.6 Å². The Morgan fingerprint density at radius 1 is 1.35 bits per heavy atom. The second-order valence-electron chi connectivity index (χ2n) is 5.36. The minimum absolute atomic E-state index is 0.0827. The fourth-order valence-electron chi connectivity index (χ4n) is 1.40. The number of rotatable bonds is 5. The summed E-state index contributed by atoms with van der Waals surface area (Å²) in [5.74, 6) is 0.568. The summed E-state index contributed by atoms with van der Waals surface area (Å²) in [6.45, 7) is 5.75. The summed E-state index contributed by atoms with van der Waals surface area (Å²) in [5.41, 5.74) is -0.458. The van der Waals surface area contributed by atoms with Crippen LogP contribution in [0.25, 0.3) is 0 Å². The Kier molecular flexibility index (Phi) is 5.49. The van der Waals surface area contributed by atoms with Crippen molar-refractivity contribution in [1.29, 1.82) is 0 Å². The summed E-state index contributed by atoms with van der Waals surface area (Å²) in [6.07, 6.45) is 1.75. The first-order valence-electron chi connectivity index (χ1n) is 6.41. The van der Waals surface area contributed by atoms with Gasteiger partial charge in [0.15, 0.2) is 11.6 Å². The molecule has 1 aromatic rings. The average molecular weight is 279 g/mol. The Bertz CT molecular complexity index is 481. The van der Waals surface area contributed by atoms with Gasteiger partial charge in [-0.2, -0.15) is 0 Å². The fourth-order valence-corrected chi connectivity index (χ4v) is 1.40. The Labute approximate surface area is 118 Å². The number of amides is 2. The Morgan fingerprint density at radius 3 is 2.65 bits per heavy atom. The van der Waals surface area contributed by atoms with E-state index >= 15 is 0 Å². The molecule has 0 aliphatic carbocycles. The van der Waals surface area contributed by atoms with Crippen LogP contribution in [0.15, 0.2) is 18.3 Å². The second-order valence-corrected chi connectivity index (χ2v) is 5.36. The first-order chi connectivity index (χ1) is 9.34. The number of aromatic nitrogens is 1. The molecule has 2 N–H and O–H groups in total. The van der Waals surface area contributed by atoms with E-state index in [9.17, 15) is 9.59 Å². The molecule has 1 heterocycles. The van der Waals surface area contributed by atoms with E-state index in [-0.39, 0.29) is 24.8 Å². The maximum Gasteiger partial charge on any atom is 0.227 e. The van der Waals surface area contributed by atoms with E-state index in [1.165, 1.54) is 7.11 Å². The lowest BCUT2D eigenvalue weighted by Gasteiger charge is -2.17. The standard InChI is InChI=1S/C14H21N3O3/c1-14(2,3)13(19)16-9-7-11(18)17-12-10(20-4)6-5-8-15-12/h5-6,8H,7,9H2,1-4H3,(H,16,19)(H,15,17,18). The summed E-state index contributed by atoms with van der Waals surface area (Å²) >= 11 is 0. The lowest BCUT2D eigenvalue weighted by atomic mass is 9.96. The number of nitrogens with zero attached hydrogens (tertiary/aromatic N) is 1. The normalized spacial score (nSPS) is 10.8. The molecule has 6 heteroatoms. The van der Waals surface area contributed by atoms with Gasteiger partial charge in [-0.15, -0.1) is 0 Å². The molecule has 0 aromatic carbocycles. The van der Waals surface area contributed by atoms with Crippen LogP contribution in [0.5, 0.6) is 5.75 Å². The van der Waals surface area contributed by atoms with Crippen LogP contribution in [-0.4, -0.2) is 30.5 Å². The van der Waals surface area contributed by atoms with Crippen molar-refractivity contribution in [2.75, 3.05) is 19.0 Å². The van der Waals surface area contributed by atoms with E-state index in [4.69, 9.17) is 4.74 Å². The van der Waals surface area contributed by atoms with Crippen molar-refractivity contribution < 1.29 is 14.3 Å². The number of hydrogen-bond donors (Lipinski definition) is 2. The lowest BCUT2D eigenvalue weighted by molar-refractivity contribution is -0.128. The van der Waals surface area contributed by atoms with Crippen LogP contribution in [-0.2, 0) is 9.59 Å². The first kappa shape index (κ1) is 15.9. The number of nitrogens with one attached hydrogen (secondary N) is 2. The molecule has 0 fully saturated rings. The lowest BCUT2D eigenvalue weighted by Crippen LogP contribution is -2.36. The van der Waals surface area contributed by atoms with Gasteiger partial charge < -0.3 is 15.4 Å². The van der Waals surface area contributed by atoms with Gasteiger partial charge in [-0.1, -0.05) is 20.8 Å². The number of anilines is 1. The molecule has 2 amide bonds. The number of methoxy groups -OCH3 is 1. The van der Waals surface area contributed by atoms with Crippen molar-refractivity contribution in [3.63, 3.8) is 0 Å². The van der Waals surface area contributed by atoms with Crippen LogP contribution >= 0.6 is 0 Å². The first-order valence-corrected chi connectivity index (χ1v) is 6.41. The van der Waals surface area contributed by atoms with Gasteiger partial charge in [0.2, 0.25) is 11.8 Å². The van der Waals surface area contributed by atoms with E-state index in [1.54, 1.807) is 18.3 Å². The predicted molar refractivity (Wildman–Crippen MR) is 76.5 cm³/mol. The largest absolute Gasteiger partial charge is 0.493 e. The Morgan fingerprint density at radius 2 is 2.05 bits per heavy atom. The van der Waals surface area contributed by atoms with Crippen molar-refractivity contribution in [1.82, 2.24) is 10.3 Å². The van der Waals surface area contributed by atoms with Gasteiger partial charge in [0.25, 0.3) is 0 Å². The average Bonchev–Trinajstić information content (AvgIpc) is 2.38. The van der Waals surface area contributed by atoms with Crippen LogP contribution in [0, 0.1) is 5.41 Å². The summed E-state index contributed by atoms with van der Waals surface area (Å²) in [7, 11) is 1.51. The van der Waals surface area contributed by atoms with Crippen molar-refractivity contribution >= 4 is 17.6 Å². The molecule has 0 saturated heterocycles. The van der Waals surface area contributed by atoms with Gasteiger partial charge in [-0.3, -0.25) is 9.59 Å². The monoisotopic (exact) mass is 279 g/mol. The summed E-state index contributed by atoms with van der Waals surface area (Å²) in [4.78, 5) is 27.4. The van der Waals surface area contributed by atoms with E-state index in [2.05, 4.69) is 15.6 Å². The van der Waals surface area contributed by atoms with Crippen LogP contribution in [0.4, 0.5) is 5.82 Å². The predicted octanol–water partition coefficient (Wildman–Crippen LogP) is 1.58. The topological polar surface area (TPSA) is 80.3 Å². The van der Waals surface area contributed by atoms with Gasteiger partial charge in [0.1, 0.15) is 0 Å². The minimum Gasteiger partial charge on any atom is -0.493 e. The van der Waals surface area contributed by atoms with Crippen molar-refractivity contribution in [3.8, 4) is 5.75 Å². The van der Waals surface area contributed by atoms with Gasteiger partial charge in [0.05, 0.1) is 7.11 Å². The highest BCUT2D eigenvalue weighted by Crippen LogP contribution is 2.19. The maximum absolute atomic E-state index is 11.8. The molecule has 0 bridgehead atoms. The molecule has 0 aliphatic heterocycles. The molecule has 110 valence electrons. The summed E-state index contributed by atoms with van der Waals surface area (Å²) in [6, 6.07) is 3.43. The minimum atomic E-state index is -0.458. The molecule has 0 atom stereocenters.